The van der Waals surface area contributed by atoms with Crippen LogP contribution in [0.25, 0.3) is 0 Å². The molecule has 2 nitrogen and oxygen atoms in total. The molecular weight excluding hydrogens is 654 g/mol. The average molecular weight is 733 g/mol. The third-order valence-electron chi connectivity index (χ3n) is 9.48. The van der Waals surface area contributed by atoms with Crippen LogP contribution in [-0.4, -0.2) is 93.2 Å². The van der Waals surface area contributed by atoms with Gasteiger partial charge in [0.1, 0.15) is 0 Å². The van der Waals surface area contributed by atoms with Gasteiger partial charge in [0.05, 0.1) is 0 Å². The highest BCUT2D eigenvalue weighted by molar-refractivity contribution is 7.18. The molecule has 0 aromatic heterocycles. The van der Waals surface area contributed by atoms with E-state index >= 15 is 0 Å². The largest absolute Gasteiger partial charge is 0.639 e. The highest BCUT2D eigenvalue weighted by Gasteiger charge is 2.58. The van der Waals surface area contributed by atoms with E-state index in [0.29, 0.717) is 13.8 Å². The molecule has 0 radical (unpaired) electrons. The molecule has 0 aliphatic heterocycles. The molecule has 0 aromatic rings. The van der Waals surface area contributed by atoms with E-state index in [2.05, 4.69) is 163 Å². The first-order valence-corrected chi connectivity index (χ1v) is 47.9. The van der Waals surface area contributed by atoms with E-state index in [-0.39, 0.29) is 0 Å². The standard InChI is InChI=1S/2C14H38BOSi4.CH3.Al/c2*1-17(2,3)13(18(4,5)6)15(16)14(19(7,8)9)20(10,11)12;;/h2*13-14H,1-12H3;1H3;/q2*-1;;+2. The van der Waals surface area contributed by atoms with Gasteiger partial charge in [0.15, 0.2) is 0 Å². The van der Waals surface area contributed by atoms with Crippen LogP contribution in [0.4, 0.5) is 0 Å². The second-order valence-corrected chi connectivity index (χ2v) is 69.4. The fraction of sp³-hybridized carbons (Fsp3) is 1.00. The van der Waals surface area contributed by atoms with Gasteiger partial charge >= 0.3 is 14.8 Å². The average Bonchev–Trinajstić information content (AvgIpc) is 2.49. The van der Waals surface area contributed by atoms with E-state index in [0.717, 1.165) is 20.3 Å². The van der Waals surface area contributed by atoms with Crippen LogP contribution in [0.15, 0.2) is 0 Å². The number of rotatable bonds is 16. The second-order valence-electron chi connectivity index (χ2n) is 22.6. The van der Waals surface area contributed by atoms with Gasteiger partial charge in [-0.25, -0.2) is 0 Å². The summed E-state index contributed by atoms with van der Waals surface area (Å²) in [6, 6.07) is 0. The summed E-state index contributed by atoms with van der Waals surface area (Å²) in [5, 5.41) is 3.00. The summed E-state index contributed by atoms with van der Waals surface area (Å²) in [7, 11) is -12.0. The molecule has 0 heterocycles. The smallest absolute Gasteiger partial charge is 0.546 e. The Hall–Kier alpha value is 2.32. The van der Waals surface area contributed by atoms with Gasteiger partial charge < -0.3 is 7.41 Å². The Morgan fingerprint density at radius 1 is 0.310 bits per heavy atom. The van der Waals surface area contributed by atoms with Gasteiger partial charge in [-0.05, 0) is 20.3 Å². The summed E-state index contributed by atoms with van der Waals surface area (Å²) in [6.07, 6.45) is 0. The number of hydrogen-bond acceptors (Lipinski definition) is 2. The van der Waals surface area contributed by atoms with E-state index in [4.69, 9.17) is 7.41 Å². The molecule has 0 unspecified atom stereocenters. The third-order valence-corrected chi connectivity index (χ3v) is 49.2. The van der Waals surface area contributed by atoms with E-state index in [1.807, 2.05) is 0 Å². The predicted molar refractivity (Wildman–Crippen MR) is 227 cm³/mol. The van der Waals surface area contributed by atoms with Crippen LogP contribution < -0.4 is 0 Å². The maximum absolute atomic E-state index is 7.78. The first-order chi connectivity index (χ1) is 17.9. The molecule has 248 valence electrons. The first kappa shape index (κ1) is 44.3. The molecule has 0 rings (SSSR count). The summed E-state index contributed by atoms with van der Waals surface area (Å²) in [4.78, 5) is 0. The van der Waals surface area contributed by atoms with Crippen molar-refractivity contribution in [2.45, 2.75) is 183 Å². The van der Waals surface area contributed by atoms with Crippen LogP contribution in [0.1, 0.15) is 0 Å². The molecule has 0 aliphatic carbocycles. The van der Waals surface area contributed by atoms with E-state index in [1.165, 1.54) is 0 Å². The first-order valence-electron chi connectivity index (χ1n) is 17.2. The summed E-state index contributed by atoms with van der Waals surface area (Å²) in [6.45, 7) is 64.3. The molecule has 42 heavy (non-hydrogen) atoms. The van der Waals surface area contributed by atoms with Crippen LogP contribution >= 0.6 is 0 Å². The van der Waals surface area contributed by atoms with Gasteiger partial charge in [-0.3, -0.25) is 0 Å². The molecular formula is C29H79AlB2O2Si8. The molecule has 0 aliphatic rings. The summed E-state index contributed by atoms with van der Waals surface area (Å²) < 4.78 is 15.6. The second kappa shape index (κ2) is 14.4. The highest BCUT2D eigenvalue weighted by Crippen LogP contribution is 2.48. The van der Waals surface area contributed by atoms with Crippen molar-refractivity contribution >= 4 is 93.2 Å². The lowest BCUT2D eigenvalue weighted by atomic mass is 9.73. The van der Waals surface area contributed by atoms with E-state index in [1.54, 1.807) is 0 Å². The Labute approximate surface area is 281 Å². The molecule has 0 saturated heterocycles. The van der Waals surface area contributed by atoms with Crippen LogP contribution in [0, 0.1) is 0 Å². The third kappa shape index (κ3) is 13.1. The normalized spacial score (nSPS) is 15.4. The zero-order valence-electron chi connectivity index (χ0n) is 33.9. The van der Waals surface area contributed by atoms with Crippen LogP contribution in [0.5, 0.6) is 0 Å². The number of hydrogen-bond donors (Lipinski definition) is 0. The Balaban J connectivity index is 7.41. The molecule has 0 N–H and O–H groups in total. The zero-order valence-corrected chi connectivity index (χ0v) is 43.0. The molecule has 0 bridgehead atoms. The minimum atomic E-state index is -1.94. The summed E-state index contributed by atoms with van der Waals surface area (Å²) in [5.74, 6) is 2.45. The fourth-order valence-electron chi connectivity index (χ4n) is 10.3. The summed E-state index contributed by atoms with van der Waals surface area (Å²) in [5.41, 5.74) is 0. The molecule has 0 atom stereocenters. The van der Waals surface area contributed by atoms with Gasteiger partial charge in [-0.2, -0.15) is 0 Å². The van der Waals surface area contributed by atoms with Gasteiger partial charge in [-0.15, -0.1) is 0 Å². The SMILES string of the molecule is [CH3][Al]([O]B(C([Si](C)(C)C)[Si](C)(C)C)C([Si](C)(C)C)[Si](C)(C)C)[O]B(C([Si](C)(C)C)[Si](C)(C)C)C([Si](C)(C)C)[Si](C)(C)C. The Bertz CT molecular complexity index is 665. The Kier molecular flexibility index (Phi) is 15.2. The maximum atomic E-state index is 7.78. The predicted octanol–water partition coefficient (Wildman–Crippen LogP) is 11.6. The lowest BCUT2D eigenvalue weighted by molar-refractivity contribution is 0.437. The quantitative estimate of drug-likeness (QED) is 0.147. The lowest BCUT2D eigenvalue weighted by Crippen LogP contribution is -2.65. The Morgan fingerprint density at radius 3 is 0.524 bits per heavy atom. The molecule has 0 aromatic carbocycles. The van der Waals surface area contributed by atoms with Crippen LogP contribution in [0.2, 0.25) is 183 Å². The zero-order chi connectivity index (χ0) is 34.5. The molecule has 0 fully saturated rings. The molecule has 0 spiro atoms. The highest BCUT2D eigenvalue weighted by atomic mass is 28.4. The minimum Gasteiger partial charge on any atom is -0.546 e. The van der Waals surface area contributed by atoms with E-state index < -0.39 is 79.4 Å². The fourth-order valence-corrected chi connectivity index (χ4v) is 66.3. The van der Waals surface area contributed by atoms with Crippen molar-refractivity contribution in [3.05, 3.63) is 0 Å². The van der Waals surface area contributed by atoms with Gasteiger partial charge in [0.2, 0.25) is 0 Å². The van der Waals surface area contributed by atoms with Crippen molar-refractivity contribution in [3.8, 4) is 0 Å². The monoisotopic (exact) mass is 732 g/mol. The van der Waals surface area contributed by atoms with Crippen molar-refractivity contribution in [2.24, 2.45) is 0 Å². The van der Waals surface area contributed by atoms with Crippen molar-refractivity contribution in [1.82, 2.24) is 0 Å². The molecule has 0 saturated carbocycles. The van der Waals surface area contributed by atoms with Crippen molar-refractivity contribution < 1.29 is 7.41 Å². The Morgan fingerprint density at radius 2 is 0.429 bits per heavy atom. The topological polar surface area (TPSA) is 18.5 Å². The molecule has 13 heteroatoms. The maximum Gasteiger partial charge on any atom is 0.639 e. The van der Waals surface area contributed by atoms with Crippen molar-refractivity contribution in [2.75, 3.05) is 0 Å². The minimum absolute atomic E-state index is 0.387. The van der Waals surface area contributed by atoms with Gasteiger partial charge in [0, 0.05) is 64.6 Å². The van der Waals surface area contributed by atoms with Crippen molar-refractivity contribution in [1.29, 1.82) is 0 Å². The van der Waals surface area contributed by atoms with Gasteiger partial charge in [-0.1, -0.05) is 163 Å². The molecule has 0 amide bonds. The van der Waals surface area contributed by atoms with E-state index in [9.17, 15) is 0 Å². The van der Waals surface area contributed by atoms with Crippen LogP contribution in [-0.2, 0) is 7.41 Å². The van der Waals surface area contributed by atoms with Crippen molar-refractivity contribution in [3.63, 3.8) is 0 Å². The summed E-state index contributed by atoms with van der Waals surface area (Å²) >= 11 is -1.94. The van der Waals surface area contributed by atoms with Gasteiger partial charge in [0.25, 0.3) is 13.8 Å². The van der Waals surface area contributed by atoms with Crippen LogP contribution in [0.3, 0.4) is 0 Å². The lowest BCUT2D eigenvalue weighted by Gasteiger charge is -2.53.